The summed E-state index contributed by atoms with van der Waals surface area (Å²) in [5, 5.41) is 6.31. The first-order valence-electron chi connectivity index (χ1n) is 4.86. The lowest BCUT2D eigenvalue weighted by atomic mass is 10.4. The molecule has 4 heteroatoms. The van der Waals surface area contributed by atoms with Crippen LogP contribution in [0.5, 0.6) is 0 Å². The van der Waals surface area contributed by atoms with Crippen LogP contribution in [0.15, 0.2) is 0 Å². The Balaban J connectivity index is 3.52. The second-order valence-electron chi connectivity index (χ2n) is 3.05. The van der Waals surface area contributed by atoms with E-state index in [0.717, 1.165) is 39.3 Å². The molecule has 0 bridgehead atoms. The third-order valence-electron chi connectivity index (χ3n) is 1.96. The molecule has 78 valence electrons. The number of rotatable bonds is 9. The molecule has 0 unspecified atom stereocenters. The predicted molar refractivity (Wildman–Crippen MR) is 57.2 cm³/mol. The molecule has 0 aliphatic heterocycles. The Kier molecular flexibility index (Phi) is 9.30. The molecule has 0 saturated carbocycles. The molecular formula is C9H23N4+. The van der Waals surface area contributed by atoms with Gasteiger partial charge in [-0.1, -0.05) is 0 Å². The third-order valence-corrected chi connectivity index (χ3v) is 1.96. The first-order chi connectivity index (χ1) is 6.35. The Morgan fingerprint density at radius 2 is 1.62 bits per heavy atom. The highest BCUT2D eigenvalue weighted by atomic mass is 15.2. The Bertz CT molecular complexity index is 108. The Morgan fingerprint density at radius 1 is 1.08 bits per heavy atom. The lowest BCUT2D eigenvalue weighted by molar-refractivity contribution is -0.447. The summed E-state index contributed by atoms with van der Waals surface area (Å²) >= 11 is 0. The van der Waals surface area contributed by atoms with Gasteiger partial charge in [-0.05, 0) is 14.1 Å². The van der Waals surface area contributed by atoms with Gasteiger partial charge in [0.1, 0.15) is 6.72 Å². The smallest absolute Gasteiger partial charge is 0.152 e. The van der Waals surface area contributed by atoms with Gasteiger partial charge in [-0.2, -0.15) is 0 Å². The lowest BCUT2D eigenvalue weighted by Crippen LogP contribution is -2.68. The van der Waals surface area contributed by atoms with Crippen LogP contribution in [0.3, 0.4) is 0 Å². The molecule has 0 saturated heterocycles. The van der Waals surface area contributed by atoms with Crippen LogP contribution in [-0.2, 0) is 0 Å². The van der Waals surface area contributed by atoms with Crippen LogP contribution in [0.1, 0.15) is 0 Å². The van der Waals surface area contributed by atoms with Crippen molar-refractivity contribution in [2.45, 2.75) is 0 Å². The largest absolute Gasteiger partial charge is 0.318 e. The monoisotopic (exact) mass is 187 g/mol. The van der Waals surface area contributed by atoms with Gasteiger partial charge < -0.3 is 10.6 Å². The minimum Gasteiger partial charge on any atom is -0.318 e. The molecule has 0 fully saturated rings. The van der Waals surface area contributed by atoms with Crippen LogP contribution >= 0.6 is 0 Å². The van der Waals surface area contributed by atoms with Gasteiger partial charge in [0, 0.05) is 26.2 Å². The van der Waals surface area contributed by atoms with E-state index in [0.29, 0.717) is 0 Å². The highest BCUT2D eigenvalue weighted by Gasteiger charge is 2.03. The average Bonchev–Trinajstić information content (AvgIpc) is 2.17. The highest BCUT2D eigenvalue weighted by Crippen LogP contribution is 1.83. The predicted octanol–water partition coefficient (Wildman–Crippen LogP) is -2.49. The Morgan fingerprint density at radius 3 is 2.00 bits per heavy atom. The summed E-state index contributed by atoms with van der Waals surface area (Å²) in [4.78, 5) is 5.33. The van der Waals surface area contributed by atoms with Gasteiger partial charge in [-0.3, -0.25) is 9.89 Å². The summed E-state index contributed by atoms with van der Waals surface area (Å²) < 4.78 is 0. The molecule has 4 nitrogen and oxygen atoms in total. The summed E-state index contributed by atoms with van der Waals surface area (Å²) in [6.07, 6.45) is 0. The second kappa shape index (κ2) is 9.64. The zero-order chi connectivity index (χ0) is 9.94. The van der Waals surface area contributed by atoms with Crippen LogP contribution < -0.4 is 15.6 Å². The average molecular weight is 187 g/mol. The molecule has 0 amide bonds. The third kappa shape index (κ3) is 7.90. The normalized spacial score (nSPS) is 10.7. The van der Waals surface area contributed by atoms with E-state index in [9.17, 15) is 0 Å². The van der Waals surface area contributed by atoms with E-state index in [1.165, 1.54) is 0 Å². The van der Waals surface area contributed by atoms with Gasteiger partial charge in [0.15, 0.2) is 6.54 Å². The molecule has 0 rings (SSSR count). The second-order valence-corrected chi connectivity index (χ2v) is 3.05. The van der Waals surface area contributed by atoms with Crippen molar-refractivity contribution in [3.8, 4) is 0 Å². The number of likely N-dealkylation sites (N-methyl/N-ethyl adjacent to an activating group) is 2. The number of nitrogens with one attached hydrogen (secondary N) is 3. The van der Waals surface area contributed by atoms with E-state index in [2.05, 4.69) is 27.2 Å². The van der Waals surface area contributed by atoms with E-state index in [4.69, 9.17) is 0 Å². The minimum atomic E-state index is 0.952. The van der Waals surface area contributed by atoms with Gasteiger partial charge >= 0.3 is 0 Å². The van der Waals surface area contributed by atoms with Crippen molar-refractivity contribution in [3.63, 3.8) is 0 Å². The standard InChI is InChI=1S/C9H22N4/c1-10-4-7-13(8-5-11-2)9-6-12-3/h11-12H,1,4-9H2,2-3H3/p+1. The Hall–Kier alpha value is -0.450. The summed E-state index contributed by atoms with van der Waals surface area (Å²) in [5.74, 6) is 0. The molecule has 13 heavy (non-hydrogen) atoms. The molecular weight excluding hydrogens is 164 g/mol. The molecule has 0 aliphatic rings. The van der Waals surface area contributed by atoms with Gasteiger partial charge in [-0.15, -0.1) is 0 Å². The van der Waals surface area contributed by atoms with Gasteiger partial charge in [0.05, 0.1) is 6.54 Å². The van der Waals surface area contributed by atoms with Crippen molar-refractivity contribution < 1.29 is 4.99 Å². The van der Waals surface area contributed by atoms with E-state index in [-0.39, 0.29) is 0 Å². The maximum atomic E-state index is 3.61. The maximum absolute atomic E-state index is 3.61. The maximum Gasteiger partial charge on any atom is 0.152 e. The zero-order valence-corrected chi connectivity index (χ0v) is 8.90. The number of hydrogen-bond acceptors (Lipinski definition) is 3. The van der Waals surface area contributed by atoms with E-state index in [1.54, 1.807) is 0 Å². The zero-order valence-electron chi connectivity index (χ0n) is 8.90. The first-order valence-corrected chi connectivity index (χ1v) is 4.86. The summed E-state index contributed by atoms with van der Waals surface area (Å²) in [6.45, 7) is 9.90. The molecule has 0 aliphatic carbocycles. The molecule has 3 N–H and O–H groups in total. The van der Waals surface area contributed by atoms with Crippen LogP contribution in [0, 0.1) is 0 Å². The fourth-order valence-corrected chi connectivity index (χ4v) is 1.11. The van der Waals surface area contributed by atoms with Crippen molar-refractivity contribution in [2.24, 2.45) is 0 Å². The highest BCUT2D eigenvalue weighted by molar-refractivity contribution is 5.12. The van der Waals surface area contributed by atoms with E-state index >= 15 is 0 Å². The molecule has 0 radical (unpaired) electrons. The lowest BCUT2D eigenvalue weighted by Gasteiger charge is -2.19. The summed E-state index contributed by atoms with van der Waals surface area (Å²) in [6, 6.07) is 0. The molecule has 0 atom stereocenters. The van der Waals surface area contributed by atoms with Crippen LogP contribution in [0.25, 0.3) is 0 Å². The van der Waals surface area contributed by atoms with E-state index in [1.807, 2.05) is 14.1 Å². The Labute approximate surface area is 81.4 Å². The van der Waals surface area contributed by atoms with Crippen LogP contribution in [0.4, 0.5) is 0 Å². The van der Waals surface area contributed by atoms with E-state index < -0.39 is 0 Å². The van der Waals surface area contributed by atoms with Crippen molar-refractivity contribution in [1.29, 1.82) is 0 Å². The minimum absolute atomic E-state index is 0.952. The van der Waals surface area contributed by atoms with Gasteiger partial charge in [0.2, 0.25) is 0 Å². The first kappa shape index (κ1) is 12.6. The fourth-order valence-electron chi connectivity index (χ4n) is 1.11. The topological polar surface area (TPSA) is 41.3 Å². The van der Waals surface area contributed by atoms with Crippen LogP contribution in [0.2, 0.25) is 0 Å². The molecule has 0 aromatic carbocycles. The van der Waals surface area contributed by atoms with Crippen molar-refractivity contribution in [2.75, 3.05) is 53.4 Å². The fraction of sp³-hybridized carbons (Fsp3) is 0.889. The summed E-state index contributed by atoms with van der Waals surface area (Å²) in [7, 11) is 3.96. The van der Waals surface area contributed by atoms with Crippen molar-refractivity contribution in [3.05, 3.63) is 0 Å². The number of hydrogen-bond donors (Lipinski definition) is 3. The van der Waals surface area contributed by atoms with Gasteiger partial charge in [-0.25, -0.2) is 0 Å². The summed E-state index contributed by atoms with van der Waals surface area (Å²) in [5.41, 5.74) is 0. The van der Waals surface area contributed by atoms with Crippen LogP contribution in [-0.4, -0.2) is 65.0 Å². The molecule has 0 heterocycles. The molecule has 0 aromatic rings. The number of nitrogens with zero attached hydrogens (tertiary/aromatic N) is 1. The van der Waals surface area contributed by atoms with Gasteiger partial charge in [0.25, 0.3) is 0 Å². The quantitative estimate of drug-likeness (QED) is 0.350. The molecule has 0 spiro atoms. The van der Waals surface area contributed by atoms with Crippen molar-refractivity contribution >= 4 is 6.72 Å². The molecule has 0 aromatic heterocycles. The van der Waals surface area contributed by atoms with Crippen molar-refractivity contribution in [1.82, 2.24) is 15.5 Å². The SMILES string of the molecule is C=[NH+]CCN(CCNC)CCNC.